The zero-order valence-electron chi connectivity index (χ0n) is 18.1. The SMILES string of the molecule is CCCCC/C=C\C/C=C\C/C=C\CCCCCOCC(C)CN(C)C. The highest BCUT2D eigenvalue weighted by Crippen LogP contribution is 2.04. The Morgan fingerprint density at radius 2 is 1.35 bits per heavy atom. The first kappa shape index (κ1) is 25.1. The van der Waals surface area contributed by atoms with Crippen molar-refractivity contribution in [2.24, 2.45) is 5.92 Å². The highest BCUT2D eigenvalue weighted by Gasteiger charge is 2.02. The zero-order valence-corrected chi connectivity index (χ0v) is 18.1. The van der Waals surface area contributed by atoms with E-state index < -0.39 is 0 Å². The lowest BCUT2D eigenvalue weighted by molar-refractivity contribution is 0.0920. The number of unbranched alkanes of at least 4 members (excludes halogenated alkanes) is 6. The maximum Gasteiger partial charge on any atom is 0.0503 e. The van der Waals surface area contributed by atoms with Crippen LogP contribution in [0.25, 0.3) is 0 Å². The Kier molecular flexibility index (Phi) is 19.8. The molecule has 1 atom stereocenters. The lowest BCUT2D eigenvalue weighted by atomic mass is 10.1. The van der Waals surface area contributed by atoms with Crippen LogP contribution in [0.1, 0.15) is 78.1 Å². The van der Waals surface area contributed by atoms with Crippen molar-refractivity contribution in [2.45, 2.75) is 78.1 Å². The number of nitrogens with zero attached hydrogens (tertiary/aromatic N) is 1. The molecule has 0 N–H and O–H groups in total. The van der Waals surface area contributed by atoms with E-state index in [4.69, 9.17) is 4.74 Å². The average Bonchev–Trinajstić information content (AvgIpc) is 2.60. The summed E-state index contributed by atoms with van der Waals surface area (Å²) >= 11 is 0. The molecule has 152 valence electrons. The molecule has 2 heteroatoms. The van der Waals surface area contributed by atoms with Gasteiger partial charge in [-0.15, -0.1) is 0 Å². The predicted octanol–water partition coefficient (Wildman–Crippen LogP) is 6.79. The van der Waals surface area contributed by atoms with Gasteiger partial charge in [-0.1, -0.05) is 69.6 Å². The number of rotatable bonds is 18. The fourth-order valence-corrected chi connectivity index (χ4v) is 2.89. The van der Waals surface area contributed by atoms with Crippen LogP contribution in [0.4, 0.5) is 0 Å². The van der Waals surface area contributed by atoms with Crippen molar-refractivity contribution in [1.29, 1.82) is 0 Å². The smallest absolute Gasteiger partial charge is 0.0503 e. The Balaban J connectivity index is 3.32. The first-order valence-electron chi connectivity index (χ1n) is 10.8. The normalized spacial score (nSPS) is 13.7. The van der Waals surface area contributed by atoms with Crippen LogP contribution in [0.15, 0.2) is 36.5 Å². The van der Waals surface area contributed by atoms with Crippen molar-refractivity contribution >= 4 is 0 Å². The third-order valence-corrected chi connectivity index (χ3v) is 4.26. The third kappa shape index (κ3) is 21.2. The van der Waals surface area contributed by atoms with Crippen LogP contribution in [0.3, 0.4) is 0 Å². The molecule has 0 rings (SSSR count). The van der Waals surface area contributed by atoms with Crippen molar-refractivity contribution in [3.8, 4) is 0 Å². The monoisotopic (exact) mass is 363 g/mol. The fourth-order valence-electron chi connectivity index (χ4n) is 2.89. The molecule has 0 aliphatic heterocycles. The summed E-state index contributed by atoms with van der Waals surface area (Å²) in [6.07, 6.45) is 26.1. The minimum absolute atomic E-state index is 0.623. The second-order valence-electron chi connectivity index (χ2n) is 7.67. The Morgan fingerprint density at radius 1 is 0.769 bits per heavy atom. The van der Waals surface area contributed by atoms with Gasteiger partial charge in [0.05, 0.1) is 6.61 Å². The van der Waals surface area contributed by atoms with Crippen LogP contribution in [0, 0.1) is 5.92 Å². The summed E-state index contributed by atoms with van der Waals surface area (Å²) in [6, 6.07) is 0. The molecule has 0 aliphatic carbocycles. The minimum Gasteiger partial charge on any atom is -0.381 e. The second-order valence-corrected chi connectivity index (χ2v) is 7.67. The van der Waals surface area contributed by atoms with Crippen LogP contribution in [0.2, 0.25) is 0 Å². The number of hydrogen-bond donors (Lipinski definition) is 0. The Hall–Kier alpha value is -0.860. The molecule has 2 nitrogen and oxygen atoms in total. The summed E-state index contributed by atoms with van der Waals surface area (Å²) in [7, 11) is 4.24. The van der Waals surface area contributed by atoms with E-state index in [0.717, 1.165) is 32.6 Å². The quantitative estimate of drug-likeness (QED) is 0.196. The van der Waals surface area contributed by atoms with Gasteiger partial charge in [-0.25, -0.2) is 0 Å². The molecule has 0 spiro atoms. The van der Waals surface area contributed by atoms with Crippen LogP contribution in [0.5, 0.6) is 0 Å². The second kappa shape index (κ2) is 20.5. The summed E-state index contributed by atoms with van der Waals surface area (Å²) in [4.78, 5) is 2.22. The van der Waals surface area contributed by atoms with Gasteiger partial charge >= 0.3 is 0 Å². The van der Waals surface area contributed by atoms with Gasteiger partial charge in [-0.3, -0.25) is 0 Å². The van der Waals surface area contributed by atoms with E-state index in [1.807, 2.05) is 0 Å². The van der Waals surface area contributed by atoms with Crippen LogP contribution < -0.4 is 0 Å². The predicted molar refractivity (Wildman–Crippen MR) is 118 cm³/mol. The lowest BCUT2D eigenvalue weighted by Gasteiger charge is -2.16. The van der Waals surface area contributed by atoms with Gasteiger partial charge in [0.15, 0.2) is 0 Å². The van der Waals surface area contributed by atoms with Gasteiger partial charge in [-0.05, 0) is 65.0 Å². The summed E-state index contributed by atoms with van der Waals surface area (Å²) < 4.78 is 5.76. The van der Waals surface area contributed by atoms with Crippen molar-refractivity contribution in [1.82, 2.24) is 4.90 Å². The molecule has 0 aromatic heterocycles. The van der Waals surface area contributed by atoms with Gasteiger partial charge in [0.2, 0.25) is 0 Å². The molecular formula is C24H45NO. The molecule has 0 saturated heterocycles. The van der Waals surface area contributed by atoms with E-state index in [-0.39, 0.29) is 0 Å². The Bertz CT molecular complexity index is 357. The molecule has 0 amide bonds. The van der Waals surface area contributed by atoms with Crippen LogP contribution in [-0.4, -0.2) is 38.8 Å². The van der Waals surface area contributed by atoms with Crippen molar-refractivity contribution in [3.05, 3.63) is 36.5 Å². The molecule has 0 aromatic rings. The van der Waals surface area contributed by atoms with Crippen molar-refractivity contribution in [2.75, 3.05) is 33.9 Å². The minimum atomic E-state index is 0.623. The van der Waals surface area contributed by atoms with Crippen LogP contribution >= 0.6 is 0 Å². The first-order valence-corrected chi connectivity index (χ1v) is 10.8. The third-order valence-electron chi connectivity index (χ3n) is 4.26. The van der Waals surface area contributed by atoms with Gasteiger partial charge in [-0.2, -0.15) is 0 Å². The molecule has 0 fully saturated rings. The Labute approximate surface area is 164 Å². The van der Waals surface area contributed by atoms with Gasteiger partial charge < -0.3 is 9.64 Å². The maximum absolute atomic E-state index is 5.76. The standard InChI is InChI=1S/C24H45NO/c1-5-6-7-8-9-10-11-12-13-14-15-16-17-18-19-20-21-26-23-24(2)22-25(3)4/h9-10,12-13,15-16,24H,5-8,11,14,17-23H2,1-4H3/b10-9-,13-12-,16-15-. The number of allylic oxidation sites excluding steroid dienone is 6. The van der Waals surface area contributed by atoms with E-state index in [0.29, 0.717) is 5.92 Å². The molecule has 26 heavy (non-hydrogen) atoms. The summed E-state index contributed by atoms with van der Waals surface area (Å²) in [5.41, 5.74) is 0. The average molecular weight is 364 g/mol. The van der Waals surface area contributed by atoms with Crippen molar-refractivity contribution < 1.29 is 4.74 Å². The topological polar surface area (TPSA) is 12.5 Å². The molecule has 0 aromatic carbocycles. The largest absolute Gasteiger partial charge is 0.381 e. The summed E-state index contributed by atoms with van der Waals surface area (Å²) in [5, 5.41) is 0. The fraction of sp³-hybridized carbons (Fsp3) is 0.750. The molecule has 0 aliphatic rings. The van der Waals surface area contributed by atoms with Gasteiger partial charge in [0, 0.05) is 13.2 Å². The van der Waals surface area contributed by atoms with E-state index >= 15 is 0 Å². The maximum atomic E-state index is 5.76. The zero-order chi connectivity index (χ0) is 19.3. The molecule has 0 radical (unpaired) electrons. The molecule has 0 heterocycles. The van der Waals surface area contributed by atoms with E-state index in [9.17, 15) is 0 Å². The van der Waals surface area contributed by atoms with E-state index in [1.165, 1.54) is 51.4 Å². The van der Waals surface area contributed by atoms with Crippen molar-refractivity contribution in [3.63, 3.8) is 0 Å². The lowest BCUT2D eigenvalue weighted by Crippen LogP contribution is -2.23. The van der Waals surface area contributed by atoms with E-state index in [2.05, 4.69) is 69.3 Å². The summed E-state index contributed by atoms with van der Waals surface area (Å²) in [5.74, 6) is 0.623. The van der Waals surface area contributed by atoms with Gasteiger partial charge in [0.1, 0.15) is 0 Å². The highest BCUT2D eigenvalue weighted by molar-refractivity contribution is 4.97. The van der Waals surface area contributed by atoms with Crippen LogP contribution in [-0.2, 0) is 4.74 Å². The number of ether oxygens (including phenoxy) is 1. The highest BCUT2D eigenvalue weighted by atomic mass is 16.5. The van der Waals surface area contributed by atoms with Gasteiger partial charge in [0.25, 0.3) is 0 Å². The Morgan fingerprint density at radius 3 is 1.92 bits per heavy atom. The summed E-state index contributed by atoms with van der Waals surface area (Å²) in [6.45, 7) is 7.41. The molecular weight excluding hydrogens is 318 g/mol. The first-order chi connectivity index (χ1) is 12.7. The molecule has 1 unspecified atom stereocenters. The van der Waals surface area contributed by atoms with E-state index in [1.54, 1.807) is 0 Å². The number of hydrogen-bond acceptors (Lipinski definition) is 2. The molecule has 0 bridgehead atoms. The molecule has 0 saturated carbocycles.